The molecule has 0 unspecified atom stereocenters. The molecule has 3 rings (SSSR count). The molecule has 0 aliphatic rings. The Labute approximate surface area is 153 Å². The lowest BCUT2D eigenvalue weighted by molar-refractivity contribution is 0.340. The Kier molecular flexibility index (Phi) is 5.31. The zero-order chi connectivity index (χ0) is 16.9. The highest BCUT2D eigenvalue weighted by Gasteiger charge is 2.10. The normalized spacial score (nSPS) is 11.3. The molecule has 3 nitrogen and oxygen atoms in total. The molecule has 0 bridgehead atoms. The van der Waals surface area contributed by atoms with Crippen LogP contribution in [0.5, 0.6) is 5.75 Å². The third-order valence-corrected chi connectivity index (χ3v) is 5.26. The van der Waals surface area contributed by atoms with Crippen LogP contribution in [0.2, 0.25) is 5.02 Å². The number of halogens is 1. The van der Waals surface area contributed by atoms with Gasteiger partial charge in [0.25, 0.3) is 0 Å². The van der Waals surface area contributed by atoms with Crippen LogP contribution < -0.4 is 4.74 Å². The number of ether oxygens (including phenoxy) is 1. The Bertz CT molecular complexity index is 907. The Hall–Kier alpha value is -2.13. The van der Waals surface area contributed by atoms with Gasteiger partial charge < -0.3 is 4.74 Å². The standard InChI is InChI=1S/C18H13ClN2OS2/c1-2-22-16-6-5-12(9-14(16)19)8-13(10-20)18-21-15(11-24-18)17-4-3-7-23-17/h3-9,11H,2H2,1H3/b13-8-. The molecule has 0 atom stereocenters. The Morgan fingerprint density at radius 1 is 1.38 bits per heavy atom. The Morgan fingerprint density at radius 3 is 2.92 bits per heavy atom. The molecule has 2 aromatic heterocycles. The van der Waals surface area contributed by atoms with E-state index in [1.807, 2.05) is 41.9 Å². The number of nitriles is 1. The van der Waals surface area contributed by atoms with Gasteiger partial charge in [0.05, 0.1) is 27.8 Å². The number of thiazole rings is 1. The molecule has 120 valence electrons. The van der Waals surface area contributed by atoms with Gasteiger partial charge in [-0.2, -0.15) is 5.26 Å². The smallest absolute Gasteiger partial charge is 0.137 e. The van der Waals surface area contributed by atoms with E-state index < -0.39 is 0 Å². The van der Waals surface area contributed by atoms with Crippen molar-refractivity contribution >= 4 is 45.9 Å². The molecule has 2 heterocycles. The van der Waals surface area contributed by atoms with E-state index in [0.717, 1.165) is 16.1 Å². The largest absolute Gasteiger partial charge is 0.492 e. The van der Waals surface area contributed by atoms with Crippen LogP contribution in [0.3, 0.4) is 0 Å². The first-order valence-corrected chi connectivity index (χ1v) is 9.39. The van der Waals surface area contributed by atoms with Gasteiger partial charge in [0.1, 0.15) is 16.8 Å². The van der Waals surface area contributed by atoms with Crippen molar-refractivity contribution in [3.8, 4) is 22.4 Å². The molecule has 0 saturated carbocycles. The van der Waals surface area contributed by atoms with Crippen molar-refractivity contribution < 1.29 is 4.74 Å². The number of aromatic nitrogens is 1. The zero-order valence-electron chi connectivity index (χ0n) is 12.8. The van der Waals surface area contributed by atoms with Crippen LogP contribution in [0.25, 0.3) is 22.2 Å². The van der Waals surface area contributed by atoms with E-state index in [4.69, 9.17) is 16.3 Å². The molecule has 0 amide bonds. The van der Waals surface area contributed by atoms with E-state index in [1.54, 1.807) is 23.5 Å². The molecular formula is C18H13ClN2OS2. The van der Waals surface area contributed by atoms with Crippen LogP contribution in [-0.4, -0.2) is 11.6 Å². The number of hydrogen-bond acceptors (Lipinski definition) is 5. The molecule has 0 saturated heterocycles. The number of nitrogens with zero attached hydrogens (tertiary/aromatic N) is 2. The first-order valence-electron chi connectivity index (χ1n) is 7.25. The van der Waals surface area contributed by atoms with Crippen molar-refractivity contribution in [1.29, 1.82) is 5.26 Å². The van der Waals surface area contributed by atoms with Crippen molar-refractivity contribution in [1.82, 2.24) is 4.98 Å². The molecule has 0 fully saturated rings. The molecular weight excluding hydrogens is 360 g/mol. The topological polar surface area (TPSA) is 45.9 Å². The average Bonchev–Trinajstić information content (AvgIpc) is 3.26. The number of hydrogen-bond donors (Lipinski definition) is 0. The zero-order valence-corrected chi connectivity index (χ0v) is 15.2. The summed E-state index contributed by atoms with van der Waals surface area (Å²) in [5.41, 5.74) is 2.26. The second kappa shape index (κ2) is 7.63. The van der Waals surface area contributed by atoms with Crippen molar-refractivity contribution in [3.63, 3.8) is 0 Å². The monoisotopic (exact) mass is 372 g/mol. The lowest BCUT2D eigenvalue weighted by atomic mass is 10.1. The van der Waals surface area contributed by atoms with E-state index in [9.17, 15) is 5.26 Å². The summed E-state index contributed by atoms with van der Waals surface area (Å²) in [7, 11) is 0. The second-order valence-corrected chi connectivity index (χ2v) is 7.02. The van der Waals surface area contributed by atoms with Crippen molar-refractivity contribution in [3.05, 3.63) is 56.7 Å². The third-order valence-electron chi connectivity index (χ3n) is 3.20. The molecule has 0 N–H and O–H groups in total. The van der Waals surface area contributed by atoms with E-state index in [1.165, 1.54) is 11.3 Å². The van der Waals surface area contributed by atoms with Gasteiger partial charge in [-0.25, -0.2) is 4.98 Å². The highest BCUT2D eigenvalue weighted by molar-refractivity contribution is 7.14. The number of benzene rings is 1. The number of thiophene rings is 1. The molecule has 0 spiro atoms. The van der Waals surface area contributed by atoms with Gasteiger partial charge in [-0.3, -0.25) is 0 Å². The SMILES string of the molecule is CCOc1ccc(/C=C(/C#N)c2nc(-c3cccs3)cs2)cc1Cl. The van der Waals surface area contributed by atoms with Gasteiger partial charge >= 0.3 is 0 Å². The Balaban J connectivity index is 1.90. The van der Waals surface area contributed by atoms with Gasteiger partial charge in [0.2, 0.25) is 0 Å². The van der Waals surface area contributed by atoms with Gasteiger partial charge in [0.15, 0.2) is 0 Å². The van der Waals surface area contributed by atoms with E-state index in [0.29, 0.717) is 28.0 Å². The summed E-state index contributed by atoms with van der Waals surface area (Å²) in [4.78, 5) is 5.67. The molecule has 24 heavy (non-hydrogen) atoms. The summed E-state index contributed by atoms with van der Waals surface area (Å²) >= 11 is 9.30. The minimum atomic E-state index is 0.517. The summed E-state index contributed by atoms with van der Waals surface area (Å²) in [5, 5.41) is 14.7. The number of allylic oxidation sites excluding steroid dienone is 1. The van der Waals surface area contributed by atoms with Gasteiger partial charge in [-0.1, -0.05) is 23.7 Å². The minimum absolute atomic E-state index is 0.517. The van der Waals surface area contributed by atoms with Crippen LogP contribution in [0, 0.1) is 11.3 Å². The Morgan fingerprint density at radius 2 is 2.25 bits per heavy atom. The fraction of sp³-hybridized carbons (Fsp3) is 0.111. The quantitative estimate of drug-likeness (QED) is 0.517. The molecule has 0 aliphatic carbocycles. The van der Waals surface area contributed by atoms with Crippen molar-refractivity contribution in [2.45, 2.75) is 6.92 Å². The van der Waals surface area contributed by atoms with Crippen LogP contribution in [0.15, 0.2) is 41.1 Å². The summed E-state index contributed by atoms with van der Waals surface area (Å²) in [6, 6.07) is 11.7. The van der Waals surface area contributed by atoms with Gasteiger partial charge in [-0.05, 0) is 42.1 Å². The lowest BCUT2D eigenvalue weighted by Crippen LogP contribution is -1.92. The maximum absolute atomic E-state index is 9.48. The van der Waals surface area contributed by atoms with Gasteiger partial charge in [0, 0.05) is 5.38 Å². The maximum Gasteiger partial charge on any atom is 0.137 e. The lowest BCUT2D eigenvalue weighted by Gasteiger charge is -2.05. The molecule has 1 aromatic carbocycles. The minimum Gasteiger partial charge on any atom is -0.492 e. The summed E-state index contributed by atoms with van der Waals surface area (Å²) < 4.78 is 5.43. The second-order valence-electron chi connectivity index (χ2n) is 4.81. The molecule has 3 aromatic rings. The fourth-order valence-electron chi connectivity index (χ4n) is 2.12. The van der Waals surface area contributed by atoms with E-state index >= 15 is 0 Å². The maximum atomic E-state index is 9.48. The molecule has 0 radical (unpaired) electrons. The summed E-state index contributed by atoms with van der Waals surface area (Å²) in [5.74, 6) is 0.643. The predicted octanol–water partition coefficient (Wildman–Crippen LogP) is 5.99. The third kappa shape index (κ3) is 3.68. The van der Waals surface area contributed by atoms with Crippen LogP contribution in [0.4, 0.5) is 0 Å². The van der Waals surface area contributed by atoms with Crippen LogP contribution in [-0.2, 0) is 0 Å². The highest BCUT2D eigenvalue weighted by atomic mass is 35.5. The fourth-order valence-corrected chi connectivity index (χ4v) is 3.91. The molecule has 6 heteroatoms. The predicted molar refractivity (Wildman–Crippen MR) is 102 cm³/mol. The van der Waals surface area contributed by atoms with Crippen LogP contribution in [0.1, 0.15) is 17.5 Å². The van der Waals surface area contributed by atoms with E-state index in [-0.39, 0.29) is 0 Å². The van der Waals surface area contributed by atoms with Gasteiger partial charge in [-0.15, -0.1) is 22.7 Å². The first-order chi connectivity index (χ1) is 11.7. The first kappa shape index (κ1) is 16.7. The molecule has 0 aliphatic heterocycles. The highest BCUT2D eigenvalue weighted by Crippen LogP contribution is 2.31. The summed E-state index contributed by atoms with van der Waals surface area (Å²) in [6.07, 6.45) is 1.79. The number of rotatable bonds is 5. The average molecular weight is 373 g/mol. The van der Waals surface area contributed by atoms with Crippen LogP contribution >= 0.6 is 34.3 Å². The van der Waals surface area contributed by atoms with Crippen molar-refractivity contribution in [2.24, 2.45) is 0 Å². The van der Waals surface area contributed by atoms with E-state index in [2.05, 4.69) is 11.1 Å². The van der Waals surface area contributed by atoms with Crippen molar-refractivity contribution in [2.75, 3.05) is 6.61 Å². The summed E-state index contributed by atoms with van der Waals surface area (Å²) in [6.45, 7) is 2.47.